The van der Waals surface area contributed by atoms with Crippen molar-refractivity contribution in [2.75, 3.05) is 18.5 Å². The van der Waals surface area contributed by atoms with Crippen molar-refractivity contribution in [1.29, 1.82) is 0 Å². The topological polar surface area (TPSA) is 72.4 Å². The van der Waals surface area contributed by atoms with Crippen LogP contribution >= 0.6 is 0 Å². The standard InChI is InChI=1S/C28H32F6N6O2/c1-16(2)42-26(41)39-9-5-8-23(22-12-18-6-4-7-19(18)13-24(22)39)35-25-36-37-38(3)40(25)15-17-10-20(27(29,30)31)14-21(11-17)28(32,33)34/h10-14,16,23,37H,4-9,15H2,1-3H3,(H,35,36). The Morgan fingerprint density at radius 2 is 1.64 bits per heavy atom. The molecule has 1 unspecified atom stereocenters. The summed E-state index contributed by atoms with van der Waals surface area (Å²) in [7, 11) is 1.56. The number of carbonyl (C=O) groups excluding carboxylic acids is 1. The third kappa shape index (κ3) is 6.28. The van der Waals surface area contributed by atoms with Crippen LogP contribution < -0.4 is 15.9 Å². The van der Waals surface area contributed by atoms with Crippen molar-refractivity contribution in [2.24, 2.45) is 4.99 Å². The lowest BCUT2D eigenvalue weighted by Crippen LogP contribution is -2.39. The largest absolute Gasteiger partial charge is 0.446 e. The van der Waals surface area contributed by atoms with E-state index in [9.17, 15) is 31.1 Å². The highest BCUT2D eigenvalue weighted by Gasteiger charge is 2.38. The number of rotatable bonds is 4. The number of benzene rings is 2. The second-order valence-corrected chi connectivity index (χ2v) is 11.0. The number of nitrogens with one attached hydrogen (secondary N) is 2. The number of aliphatic imine (C=N–C) groups is 1. The Morgan fingerprint density at radius 1 is 1.00 bits per heavy atom. The number of amides is 1. The Bertz CT molecular complexity index is 1340. The summed E-state index contributed by atoms with van der Waals surface area (Å²) in [6.07, 6.45) is -6.72. The van der Waals surface area contributed by atoms with Crippen molar-refractivity contribution in [2.45, 2.75) is 77.0 Å². The van der Waals surface area contributed by atoms with Crippen LogP contribution in [0, 0.1) is 0 Å². The summed E-state index contributed by atoms with van der Waals surface area (Å²) in [5.41, 5.74) is 6.58. The summed E-state index contributed by atoms with van der Waals surface area (Å²) in [5.74, 6) is 0.220. The molecular formula is C28H32F6N6O2. The van der Waals surface area contributed by atoms with Gasteiger partial charge in [-0.25, -0.2) is 9.79 Å². The first kappa shape index (κ1) is 30.0. The van der Waals surface area contributed by atoms with Gasteiger partial charge < -0.3 is 4.74 Å². The van der Waals surface area contributed by atoms with Gasteiger partial charge in [-0.05, 0) is 86.9 Å². The second kappa shape index (κ2) is 11.3. The molecule has 2 heterocycles. The van der Waals surface area contributed by atoms with Crippen LogP contribution in [0.2, 0.25) is 0 Å². The zero-order valence-corrected chi connectivity index (χ0v) is 23.4. The number of hydrazine groups is 3. The van der Waals surface area contributed by atoms with Crippen LogP contribution in [-0.2, 0) is 36.5 Å². The predicted molar refractivity (Wildman–Crippen MR) is 143 cm³/mol. The Morgan fingerprint density at radius 3 is 2.26 bits per heavy atom. The Labute approximate surface area is 239 Å². The van der Waals surface area contributed by atoms with E-state index >= 15 is 0 Å². The maximum atomic E-state index is 13.5. The molecule has 5 rings (SSSR count). The Hall–Kier alpha value is -3.52. The van der Waals surface area contributed by atoms with Crippen molar-refractivity contribution in [1.82, 2.24) is 21.1 Å². The molecule has 3 aliphatic rings. The fourth-order valence-electron chi connectivity index (χ4n) is 5.55. The molecule has 1 saturated heterocycles. The average Bonchev–Trinajstić information content (AvgIpc) is 3.44. The van der Waals surface area contributed by atoms with E-state index in [1.54, 1.807) is 25.8 Å². The number of halogens is 6. The molecule has 1 amide bonds. The van der Waals surface area contributed by atoms with Gasteiger partial charge in [0.1, 0.15) is 0 Å². The quantitative estimate of drug-likeness (QED) is 0.413. The molecular weight excluding hydrogens is 566 g/mol. The number of nitrogens with zero attached hydrogens (tertiary/aromatic N) is 4. The smallest absolute Gasteiger partial charge is 0.416 e. The van der Waals surface area contributed by atoms with Gasteiger partial charge in [0.25, 0.3) is 0 Å². The molecule has 2 N–H and O–H groups in total. The van der Waals surface area contributed by atoms with Crippen LogP contribution in [0.4, 0.5) is 36.8 Å². The molecule has 1 atom stereocenters. The van der Waals surface area contributed by atoms with E-state index in [1.807, 2.05) is 6.07 Å². The highest BCUT2D eigenvalue weighted by atomic mass is 19.4. The van der Waals surface area contributed by atoms with Crippen molar-refractivity contribution in [3.8, 4) is 0 Å². The summed E-state index contributed by atoms with van der Waals surface area (Å²) in [4.78, 5) is 19.6. The molecule has 42 heavy (non-hydrogen) atoms. The van der Waals surface area contributed by atoms with E-state index in [-0.39, 0.29) is 30.2 Å². The van der Waals surface area contributed by atoms with Gasteiger partial charge in [0, 0.05) is 19.2 Å². The fourth-order valence-corrected chi connectivity index (χ4v) is 5.55. The number of fused-ring (bicyclic) bond motifs is 2. The zero-order valence-electron chi connectivity index (χ0n) is 23.4. The first-order chi connectivity index (χ1) is 19.7. The molecule has 0 spiro atoms. The molecule has 1 aliphatic carbocycles. The van der Waals surface area contributed by atoms with Crippen LogP contribution in [0.5, 0.6) is 0 Å². The summed E-state index contributed by atoms with van der Waals surface area (Å²) in [5, 5.41) is 2.83. The molecule has 228 valence electrons. The summed E-state index contributed by atoms with van der Waals surface area (Å²) in [6, 6.07) is 5.17. The summed E-state index contributed by atoms with van der Waals surface area (Å²) in [6.45, 7) is 3.65. The third-order valence-electron chi connectivity index (χ3n) is 7.50. The minimum absolute atomic E-state index is 0.111. The number of anilines is 1. The molecule has 14 heteroatoms. The number of carbonyl (C=O) groups is 1. The number of ether oxygens (including phenoxy) is 1. The highest BCUT2D eigenvalue weighted by molar-refractivity contribution is 5.90. The van der Waals surface area contributed by atoms with Crippen molar-refractivity contribution < 1.29 is 35.9 Å². The molecule has 0 aromatic heterocycles. The monoisotopic (exact) mass is 598 g/mol. The summed E-state index contributed by atoms with van der Waals surface area (Å²) >= 11 is 0. The van der Waals surface area contributed by atoms with E-state index in [0.29, 0.717) is 37.2 Å². The van der Waals surface area contributed by atoms with Crippen LogP contribution in [-0.4, -0.2) is 41.9 Å². The predicted octanol–water partition coefficient (Wildman–Crippen LogP) is 6.13. The van der Waals surface area contributed by atoms with Crippen LogP contribution in [0.1, 0.15) is 72.5 Å². The van der Waals surface area contributed by atoms with Crippen LogP contribution in [0.3, 0.4) is 0 Å². The number of alkyl halides is 6. The van der Waals surface area contributed by atoms with Gasteiger partial charge in [0.2, 0.25) is 5.96 Å². The second-order valence-electron chi connectivity index (χ2n) is 11.0. The molecule has 2 aromatic carbocycles. The zero-order chi connectivity index (χ0) is 30.4. The van der Waals surface area contributed by atoms with Crippen molar-refractivity contribution >= 4 is 17.7 Å². The molecule has 0 saturated carbocycles. The van der Waals surface area contributed by atoms with Gasteiger partial charge in [-0.3, -0.25) is 15.3 Å². The average molecular weight is 599 g/mol. The molecule has 0 radical (unpaired) electrons. The van der Waals surface area contributed by atoms with E-state index < -0.39 is 35.6 Å². The molecule has 2 aliphatic heterocycles. The number of hydrogen-bond acceptors (Lipinski definition) is 5. The van der Waals surface area contributed by atoms with Crippen LogP contribution in [0.25, 0.3) is 0 Å². The van der Waals surface area contributed by atoms with Crippen LogP contribution in [0.15, 0.2) is 35.3 Å². The first-order valence-electron chi connectivity index (χ1n) is 13.7. The maximum Gasteiger partial charge on any atom is 0.416 e. The van der Waals surface area contributed by atoms with Gasteiger partial charge in [-0.15, -0.1) is 10.7 Å². The molecule has 1 fully saturated rings. The van der Waals surface area contributed by atoms with Crippen molar-refractivity contribution in [3.63, 3.8) is 0 Å². The Kier molecular flexibility index (Phi) is 8.05. The minimum Gasteiger partial charge on any atom is -0.446 e. The van der Waals surface area contributed by atoms with Gasteiger partial charge in [0.05, 0.1) is 35.5 Å². The van der Waals surface area contributed by atoms with Gasteiger partial charge >= 0.3 is 18.4 Å². The van der Waals surface area contributed by atoms with Crippen molar-refractivity contribution in [3.05, 3.63) is 63.7 Å². The van der Waals surface area contributed by atoms with E-state index in [4.69, 9.17) is 9.73 Å². The molecule has 0 bridgehead atoms. The highest BCUT2D eigenvalue weighted by Crippen LogP contribution is 2.41. The number of guanidine groups is 1. The lowest BCUT2D eigenvalue weighted by molar-refractivity contribution is -0.143. The lowest BCUT2D eigenvalue weighted by Gasteiger charge is -2.26. The van der Waals surface area contributed by atoms with E-state index in [2.05, 4.69) is 17.0 Å². The van der Waals surface area contributed by atoms with Gasteiger partial charge in [-0.2, -0.15) is 26.3 Å². The first-order valence-corrected chi connectivity index (χ1v) is 13.7. The number of aryl methyl sites for hydroxylation is 2. The third-order valence-corrected chi connectivity index (χ3v) is 7.50. The fraction of sp³-hybridized carbons (Fsp3) is 0.500. The minimum atomic E-state index is -4.95. The lowest BCUT2D eigenvalue weighted by atomic mass is 9.97. The number of hydrogen-bond donors (Lipinski definition) is 2. The Balaban J connectivity index is 1.51. The SMILES string of the molecule is CC(C)OC(=O)N1CCCC(N=C2NNN(C)N2Cc2cc(C(F)(F)F)cc(C(F)(F)F)c2)c2cc3c(cc21)CCC3. The van der Waals surface area contributed by atoms with Gasteiger partial charge in [0.15, 0.2) is 0 Å². The maximum absolute atomic E-state index is 13.5. The molecule has 8 nitrogen and oxygen atoms in total. The summed E-state index contributed by atoms with van der Waals surface area (Å²) < 4.78 is 86.3. The molecule has 2 aromatic rings. The van der Waals surface area contributed by atoms with E-state index in [0.717, 1.165) is 30.4 Å². The van der Waals surface area contributed by atoms with E-state index in [1.165, 1.54) is 15.7 Å². The normalized spacial score (nSPS) is 20.5. The van der Waals surface area contributed by atoms with Gasteiger partial charge in [-0.1, -0.05) is 6.07 Å².